The molecule has 0 unspecified atom stereocenters. The Morgan fingerprint density at radius 3 is 2.40 bits per heavy atom. The van der Waals surface area contributed by atoms with Gasteiger partial charge in [-0.15, -0.1) is 11.3 Å². The predicted molar refractivity (Wildman–Crippen MR) is 85.4 cm³/mol. The molecule has 1 heterocycles. The first-order valence-corrected chi connectivity index (χ1v) is 7.56. The minimum atomic E-state index is -0.0274. The summed E-state index contributed by atoms with van der Waals surface area (Å²) in [6.07, 6.45) is 0. The second kappa shape index (κ2) is 6.57. The van der Waals surface area contributed by atoms with Gasteiger partial charge in [-0.25, -0.2) is 0 Å². The van der Waals surface area contributed by atoms with Gasteiger partial charge in [-0.2, -0.15) is 0 Å². The van der Waals surface area contributed by atoms with Crippen LogP contribution in [0.15, 0.2) is 36.4 Å². The van der Waals surface area contributed by atoms with E-state index >= 15 is 0 Å². The number of amides is 1. The fraction of sp³-hybridized carbons (Fsp3) is 0.312. The summed E-state index contributed by atoms with van der Waals surface area (Å²) in [6.45, 7) is 6.83. The minimum absolute atomic E-state index is 0.0274. The van der Waals surface area contributed by atoms with Crippen LogP contribution < -0.4 is 10.6 Å². The molecule has 2 rings (SSSR count). The number of carbonyl (C=O) groups is 1. The van der Waals surface area contributed by atoms with Crippen molar-refractivity contribution in [1.82, 2.24) is 5.32 Å². The summed E-state index contributed by atoms with van der Waals surface area (Å²) < 4.78 is 0. The van der Waals surface area contributed by atoms with E-state index in [0.717, 1.165) is 12.2 Å². The van der Waals surface area contributed by atoms with Crippen molar-refractivity contribution >= 4 is 22.9 Å². The van der Waals surface area contributed by atoms with Gasteiger partial charge in [0.1, 0.15) is 0 Å². The molecule has 0 saturated heterocycles. The lowest BCUT2D eigenvalue weighted by Crippen LogP contribution is -2.29. The normalized spacial score (nSPS) is 10.6. The maximum atomic E-state index is 11.8. The number of hydrogen-bond acceptors (Lipinski definition) is 3. The highest BCUT2D eigenvalue weighted by Gasteiger charge is 2.06. The fourth-order valence-corrected chi connectivity index (χ4v) is 2.68. The Balaban J connectivity index is 1.93. The van der Waals surface area contributed by atoms with Gasteiger partial charge in [0.15, 0.2) is 0 Å². The predicted octanol–water partition coefficient (Wildman–Crippen LogP) is 3.81. The maximum absolute atomic E-state index is 11.8. The Morgan fingerprint density at radius 1 is 1.15 bits per heavy atom. The third-order valence-corrected chi connectivity index (χ3v) is 3.83. The maximum Gasteiger partial charge on any atom is 0.251 e. The minimum Gasteiger partial charge on any atom is -0.380 e. The highest BCUT2D eigenvalue weighted by atomic mass is 32.1. The number of rotatable bonds is 5. The molecule has 20 heavy (non-hydrogen) atoms. The van der Waals surface area contributed by atoms with Crippen LogP contribution in [-0.2, 0) is 6.54 Å². The third-order valence-electron chi connectivity index (χ3n) is 2.83. The van der Waals surface area contributed by atoms with E-state index in [-0.39, 0.29) is 11.9 Å². The van der Waals surface area contributed by atoms with E-state index in [4.69, 9.17) is 0 Å². The molecule has 1 amide bonds. The number of aryl methyl sites for hydroxylation is 1. The number of hydrogen-bond donors (Lipinski definition) is 2. The van der Waals surface area contributed by atoms with Crippen LogP contribution in [0.1, 0.15) is 34.0 Å². The van der Waals surface area contributed by atoms with E-state index in [1.807, 2.05) is 38.1 Å². The highest BCUT2D eigenvalue weighted by molar-refractivity contribution is 7.11. The van der Waals surface area contributed by atoms with Gasteiger partial charge < -0.3 is 10.6 Å². The molecule has 0 spiro atoms. The van der Waals surface area contributed by atoms with Crippen molar-refractivity contribution in [3.8, 4) is 0 Å². The van der Waals surface area contributed by atoms with Crippen LogP contribution in [0.2, 0.25) is 0 Å². The first kappa shape index (κ1) is 14.6. The van der Waals surface area contributed by atoms with E-state index < -0.39 is 0 Å². The Bertz CT molecular complexity index is 572. The molecule has 0 atom stereocenters. The zero-order valence-electron chi connectivity index (χ0n) is 12.1. The molecule has 0 fully saturated rings. The van der Waals surface area contributed by atoms with Crippen molar-refractivity contribution < 1.29 is 4.79 Å². The van der Waals surface area contributed by atoms with E-state index in [1.54, 1.807) is 11.3 Å². The van der Waals surface area contributed by atoms with Crippen LogP contribution in [0.5, 0.6) is 0 Å². The number of benzene rings is 1. The first-order valence-electron chi connectivity index (χ1n) is 6.74. The lowest BCUT2D eigenvalue weighted by atomic mass is 10.2. The van der Waals surface area contributed by atoms with Crippen LogP contribution in [-0.4, -0.2) is 11.9 Å². The summed E-state index contributed by atoms with van der Waals surface area (Å²) in [6, 6.07) is 12.0. The van der Waals surface area contributed by atoms with Crippen LogP contribution in [0, 0.1) is 6.92 Å². The van der Waals surface area contributed by atoms with Gasteiger partial charge in [0.2, 0.25) is 0 Å². The molecule has 2 N–H and O–H groups in total. The lowest BCUT2D eigenvalue weighted by Gasteiger charge is -2.09. The van der Waals surface area contributed by atoms with E-state index in [0.29, 0.717) is 5.56 Å². The summed E-state index contributed by atoms with van der Waals surface area (Å²) in [7, 11) is 0. The van der Waals surface area contributed by atoms with Crippen molar-refractivity contribution in [2.45, 2.75) is 33.4 Å². The van der Waals surface area contributed by atoms with E-state index in [2.05, 4.69) is 29.7 Å². The summed E-state index contributed by atoms with van der Waals surface area (Å²) in [5, 5.41) is 6.24. The van der Waals surface area contributed by atoms with Gasteiger partial charge in [0.05, 0.1) is 0 Å². The van der Waals surface area contributed by atoms with Crippen LogP contribution in [0.25, 0.3) is 0 Å². The average Bonchev–Trinajstić information content (AvgIpc) is 2.82. The molecule has 0 bridgehead atoms. The van der Waals surface area contributed by atoms with Crippen molar-refractivity contribution in [2.24, 2.45) is 0 Å². The van der Waals surface area contributed by atoms with Gasteiger partial charge in [-0.1, -0.05) is 0 Å². The van der Waals surface area contributed by atoms with Crippen LogP contribution in [0.4, 0.5) is 5.69 Å². The van der Waals surface area contributed by atoms with Gasteiger partial charge in [-0.05, 0) is 57.2 Å². The SMILES string of the molecule is Cc1ccc(CNc2ccc(C(=O)NC(C)C)cc2)s1. The molecule has 3 nitrogen and oxygen atoms in total. The Kier molecular flexibility index (Phi) is 4.79. The molecule has 0 saturated carbocycles. The molecular weight excluding hydrogens is 268 g/mol. The molecule has 2 aromatic rings. The van der Waals surface area contributed by atoms with Crippen molar-refractivity contribution in [3.63, 3.8) is 0 Å². The largest absolute Gasteiger partial charge is 0.380 e. The zero-order chi connectivity index (χ0) is 14.5. The molecule has 1 aromatic heterocycles. The van der Waals surface area contributed by atoms with Crippen molar-refractivity contribution in [2.75, 3.05) is 5.32 Å². The smallest absolute Gasteiger partial charge is 0.251 e. The molecule has 0 aliphatic rings. The van der Waals surface area contributed by atoms with Crippen LogP contribution in [0.3, 0.4) is 0 Å². The van der Waals surface area contributed by atoms with Crippen molar-refractivity contribution in [1.29, 1.82) is 0 Å². The standard InChI is InChI=1S/C16H20N2OS/c1-11(2)18-16(19)13-5-7-14(8-6-13)17-10-15-9-4-12(3)20-15/h4-9,11,17H,10H2,1-3H3,(H,18,19). The van der Waals surface area contributed by atoms with E-state index in [1.165, 1.54) is 9.75 Å². The first-order chi connectivity index (χ1) is 9.54. The number of thiophene rings is 1. The summed E-state index contributed by atoms with van der Waals surface area (Å²) in [5.41, 5.74) is 1.72. The Hall–Kier alpha value is -1.81. The van der Waals surface area contributed by atoms with Crippen LogP contribution >= 0.6 is 11.3 Å². The molecular formula is C16H20N2OS. The van der Waals surface area contributed by atoms with Gasteiger partial charge in [0, 0.05) is 33.6 Å². The van der Waals surface area contributed by atoms with Gasteiger partial charge in [0.25, 0.3) is 5.91 Å². The summed E-state index contributed by atoms with van der Waals surface area (Å²) in [4.78, 5) is 14.4. The van der Waals surface area contributed by atoms with Gasteiger partial charge in [-0.3, -0.25) is 4.79 Å². The van der Waals surface area contributed by atoms with E-state index in [9.17, 15) is 4.79 Å². The lowest BCUT2D eigenvalue weighted by molar-refractivity contribution is 0.0943. The van der Waals surface area contributed by atoms with Crippen molar-refractivity contribution in [3.05, 3.63) is 51.7 Å². The molecule has 0 aliphatic carbocycles. The molecule has 4 heteroatoms. The molecule has 106 valence electrons. The Morgan fingerprint density at radius 2 is 1.85 bits per heavy atom. The number of carbonyl (C=O) groups excluding carboxylic acids is 1. The summed E-state index contributed by atoms with van der Waals surface area (Å²) in [5.74, 6) is -0.0274. The number of anilines is 1. The van der Waals surface area contributed by atoms with Gasteiger partial charge >= 0.3 is 0 Å². The molecule has 0 aliphatic heterocycles. The third kappa shape index (κ3) is 4.10. The quantitative estimate of drug-likeness (QED) is 0.878. The molecule has 0 radical (unpaired) electrons. The zero-order valence-corrected chi connectivity index (χ0v) is 12.9. The Labute approximate surface area is 124 Å². The fourth-order valence-electron chi connectivity index (χ4n) is 1.85. The highest BCUT2D eigenvalue weighted by Crippen LogP contribution is 2.17. The summed E-state index contributed by atoms with van der Waals surface area (Å²) >= 11 is 1.80. The average molecular weight is 288 g/mol. The second-order valence-corrected chi connectivity index (χ2v) is 6.44. The molecule has 1 aromatic carbocycles. The number of nitrogens with one attached hydrogen (secondary N) is 2. The topological polar surface area (TPSA) is 41.1 Å². The monoisotopic (exact) mass is 288 g/mol. The second-order valence-electron chi connectivity index (χ2n) is 5.07.